The Balaban J connectivity index is 1.73. The molecule has 3 rings (SSSR count). The lowest BCUT2D eigenvalue weighted by Gasteiger charge is -2.47. The van der Waals surface area contributed by atoms with Crippen molar-refractivity contribution in [1.82, 2.24) is 10.2 Å². The highest BCUT2D eigenvalue weighted by Crippen LogP contribution is 2.37. The van der Waals surface area contributed by atoms with E-state index in [9.17, 15) is 18.3 Å². The minimum Gasteiger partial charge on any atom is -0.392 e. The number of nitrogens with one attached hydrogen (secondary N) is 1. The Morgan fingerprint density at radius 1 is 1.33 bits per heavy atom. The first-order chi connectivity index (χ1) is 11.3. The molecule has 0 aromatic heterocycles. The quantitative estimate of drug-likeness (QED) is 0.830. The number of hydrogen-bond acceptors (Lipinski definition) is 5. The highest BCUT2D eigenvalue weighted by atomic mass is 32.2. The number of likely N-dealkylation sites (tertiary alicyclic amines) is 1. The second-order valence-corrected chi connectivity index (χ2v) is 8.96. The van der Waals surface area contributed by atoms with E-state index in [1.54, 1.807) is 12.1 Å². The topological polar surface area (TPSA) is 86.7 Å². The van der Waals surface area contributed by atoms with Crippen molar-refractivity contribution >= 4 is 15.7 Å². The zero-order valence-electron chi connectivity index (χ0n) is 13.9. The van der Waals surface area contributed by atoms with Gasteiger partial charge in [0.1, 0.15) is 0 Å². The Bertz CT molecular complexity index is 717. The number of benzene rings is 1. The van der Waals surface area contributed by atoms with E-state index in [0.717, 1.165) is 18.5 Å². The van der Waals surface area contributed by atoms with Crippen LogP contribution < -0.4 is 5.32 Å². The molecule has 1 aromatic carbocycles. The average molecular weight is 352 g/mol. The van der Waals surface area contributed by atoms with Gasteiger partial charge in [0.15, 0.2) is 9.84 Å². The lowest BCUT2D eigenvalue weighted by atomic mass is 9.71. The van der Waals surface area contributed by atoms with Crippen LogP contribution in [0.2, 0.25) is 0 Å². The SMILES string of the molecule is CS(=O)(=O)c1ccc(CN2CC[C@@H](O)[C@@]3(CCCNC3=O)C2)cc1. The molecular weight excluding hydrogens is 328 g/mol. The van der Waals surface area contributed by atoms with Crippen LogP contribution in [0.4, 0.5) is 0 Å². The third-order valence-electron chi connectivity index (χ3n) is 5.16. The van der Waals surface area contributed by atoms with Gasteiger partial charge in [-0.3, -0.25) is 9.69 Å². The second-order valence-electron chi connectivity index (χ2n) is 6.95. The zero-order chi connectivity index (χ0) is 17.4. The van der Waals surface area contributed by atoms with Crippen LogP contribution in [-0.4, -0.2) is 56.3 Å². The van der Waals surface area contributed by atoms with Crippen LogP contribution in [0.25, 0.3) is 0 Å². The van der Waals surface area contributed by atoms with Crippen LogP contribution in [0.5, 0.6) is 0 Å². The van der Waals surface area contributed by atoms with Gasteiger partial charge in [0, 0.05) is 32.4 Å². The lowest BCUT2D eigenvalue weighted by molar-refractivity contribution is -0.149. The minimum atomic E-state index is -3.19. The maximum Gasteiger partial charge on any atom is 0.230 e. The Hall–Kier alpha value is -1.44. The predicted molar refractivity (Wildman–Crippen MR) is 90.1 cm³/mol. The summed E-state index contributed by atoms with van der Waals surface area (Å²) in [7, 11) is -3.19. The molecular formula is C17H24N2O4S. The van der Waals surface area contributed by atoms with E-state index in [-0.39, 0.29) is 5.91 Å². The van der Waals surface area contributed by atoms with E-state index in [1.165, 1.54) is 6.26 Å². The number of carbonyl (C=O) groups is 1. The van der Waals surface area contributed by atoms with Crippen LogP contribution >= 0.6 is 0 Å². The first kappa shape index (κ1) is 17.4. The zero-order valence-corrected chi connectivity index (χ0v) is 14.7. The number of hydrogen-bond donors (Lipinski definition) is 2. The Kier molecular flexibility index (Phi) is 4.68. The smallest absolute Gasteiger partial charge is 0.230 e. The molecule has 0 saturated carbocycles. The summed E-state index contributed by atoms with van der Waals surface area (Å²) < 4.78 is 23.1. The van der Waals surface area contributed by atoms with Gasteiger partial charge in [-0.05, 0) is 37.0 Å². The molecule has 0 radical (unpaired) electrons. The van der Waals surface area contributed by atoms with Crippen molar-refractivity contribution in [2.45, 2.75) is 36.8 Å². The Morgan fingerprint density at radius 3 is 2.67 bits per heavy atom. The van der Waals surface area contributed by atoms with Crippen molar-refractivity contribution in [2.24, 2.45) is 5.41 Å². The molecule has 24 heavy (non-hydrogen) atoms. The largest absolute Gasteiger partial charge is 0.392 e. The predicted octanol–water partition coefficient (Wildman–Crippen LogP) is 0.553. The molecule has 0 aliphatic carbocycles. The van der Waals surface area contributed by atoms with Gasteiger partial charge in [0.05, 0.1) is 16.4 Å². The van der Waals surface area contributed by atoms with Gasteiger partial charge in [-0.2, -0.15) is 0 Å². The van der Waals surface area contributed by atoms with Crippen LogP contribution in [-0.2, 0) is 21.2 Å². The molecule has 2 fully saturated rings. The first-order valence-electron chi connectivity index (χ1n) is 8.29. The van der Waals surface area contributed by atoms with Crippen LogP contribution in [0.3, 0.4) is 0 Å². The van der Waals surface area contributed by atoms with Gasteiger partial charge in [-0.15, -0.1) is 0 Å². The van der Waals surface area contributed by atoms with E-state index in [0.29, 0.717) is 37.4 Å². The highest BCUT2D eigenvalue weighted by Gasteiger charge is 2.49. The number of aliphatic hydroxyl groups excluding tert-OH is 1. The summed E-state index contributed by atoms with van der Waals surface area (Å²) in [6, 6.07) is 6.86. The highest BCUT2D eigenvalue weighted by molar-refractivity contribution is 7.90. The normalized spacial score (nSPS) is 28.8. The summed E-state index contributed by atoms with van der Waals surface area (Å²) in [4.78, 5) is 14.9. The molecule has 1 amide bonds. The molecule has 0 unspecified atom stereocenters. The molecule has 2 heterocycles. The van der Waals surface area contributed by atoms with Gasteiger partial charge in [-0.1, -0.05) is 12.1 Å². The molecule has 6 nitrogen and oxygen atoms in total. The lowest BCUT2D eigenvalue weighted by Crippen LogP contribution is -2.61. The maximum atomic E-state index is 12.4. The van der Waals surface area contributed by atoms with E-state index in [4.69, 9.17) is 0 Å². The van der Waals surface area contributed by atoms with Crippen molar-refractivity contribution < 1.29 is 18.3 Å². The molecule has 0 bridgehead atoms. The average Bonchev–Trinajstić information content (AvgIpc) is 2.53. The summed E-state index contributed by atoms with van der Waals surface area (Å²) in [6.07, 6.45) is 2.78. The first-order valence-corrected chi connectivity index (χ1v) is 10.2. The third kappa shape index (κ3) is 3.34. The molecule has 2 aliphatic rings. The molecule has 2 aliphatic heterocycles. The molecule has 2 atom stereocenters. The minimum absolute atomic E-state index is 0.0432. The van der Waals surface area contributed by atoms with Gasteiger partial charge < -0.3 is 10.4 Å². The second kappa shape index (κ2) is 6.46. The maximum absolute atomic E-state index is 12.4. The summed E-state index contributed by atoms with van der Waals surface area (Å²) in [5.74, 6) is -0.0432. The van der Waals surface area contributed by atoms with Crippen LogP contribution in [0.15, 0.2) is 29.2 Å². The fraction of sp³-hybridized carbons (Fsp3) is 0.588. The van der Waals surface area contributed by atoms with Crippen molar-refractivity contribution in [3.05, 3.63) is 29.8 Å². The summed E-state index contributed by atoms with van der Waals surface area (Å²) >= 11 is 0. The molecule has 1 spiro atoms. The van der Waals surface area contributed by atoms with Gasteiger partial charge in [0.2, 0.25) is 5.91 Å². The number of piperidine rings is 2. The standard InChI is InChI=1S/C17H24N2O4S/c1-24(22,23)14-5-3-13(4-6-14)11-19-10-7-15(20)17(12-19)8-2-9-18-16(17)21/h3-6,15,20H,2,7-12H2,1H3,(H,18,21)/t15-,17-/m1/s1. The van der Waals surface area contributed by atoms with E-state index in [1.807, 2.05) is 12.1 Å². The summed E-state index contributed by atoms with van der Waals surface area (Å²) in [6.45, 7) is 2.59. The number of aliphatic hydroxyl groups is 1. The Labute approximate surface area is 142 Å². The van der Waals surface area contributed by atoms with E-state index in [2.05, 4.69) is 10.2 Å². The molecule has 2 N–H and O–H groups in total. The van der Waals surface area contributed by atoms with Crippen molar-refractivity contribution in [2.75, 3.05) is 25.9 Å². The number of amides is 1. The van der Waals surface area contributed by atoms with Crippen molar-refractivity contribution in [1.29, 1.82) is 0 Å². The number of sulfone groups is 1. The molecule has 2 saturated heterocycles. The van der Waals surface area contributed by atoms with Crippen LogP contribution in [0.1, 0.15) is 24.8 Å². The molecule has 1 aromatic rings. The van der Waals surface area contributed by atoms with E-state index >= 15 is 0 Å². The monoisotopic (exact) mass is 352 g/mol. The van der Waals surface area contributed by atoms with E-state index < -0.39 is 21.4 Å². The van der Waals surface area contributed by atoms with Crippen molar-refractivity contribution in [3.63, 3.8) is 0 Å². The number of carbonyl (C=O) groups excluding carboxylic acids is 1. The number of nitrogens with zero attached hydrogens (tertiary/aromatic N) is 1. The number of rotatable bonds is 3. The van der Waals surface area contributed by atoms with Gasteiger partial charge in [0.25, 0.3) is 0 Å². The van der Waals surface area contributed by atoms with Gasteiger partial charge in [-0.25, -0.2) is 8.42 Å². The third-order valence-corrected chi connectivity index (χ3v) is 6.29. The van der Waals surface area contributed by atoms with Crippen LogP contribution in [0, 0.1) is 5.41 Å². The van der Waals surface area contributed by atoms with Crippen molar-refractivity contribution in [3.8, 4) is 0 Å². The fourth-order valence-electron chi connectivity index (χ4n) is 3.76. The van der Waals surface area contributed by atoms with Gasteiger partial charge >= 0.3 is 0 Å². The Morgan fingerprint density at radius 2 is 2.04 bits per heavy atom. The fourth-order valence-corrected chi connectivity index (χ4v) is 4.39. The summed E-state index contributed by atoms with van der Waals surface area (Å²) in [5, 5.41) is 13.3. The summed E-state index contributed by atoms with van der Waals surface area (Å²) in [5.41, 5.74) is 0.300. The molecule has 7 heteroatoms. The molecule has 132 valence electrons.